The number of pyridine rings is 1. The zero-order valence-electron chi connectivity index (χ0n) is 13.7. The molecule has 0 radical (unpaired) electrons. The molecule has 2 aromatic rings. The molecule has 118 valence electrons. The predicted molar refractivity (Wildman–Crippen MR) is 90.3 cm³/mol. The molecule has 4 heteroatoms. The molecule has 1 fully saturated rings. The number of ether oxygens (including phenoxy) is 2. The highest BCUT2D eigenvalue weighted by molar-refractivity contribution is 5.90. The van der Waals surface area contributed by atoms with Gasteiger partial charge in [0, 0.05) is 24.5 Å². The molecule has 0 unspecified atom stereocenters. The highest BCUT2D eigenvalue weighted by Gasteiger charge is 2.15. The van der Waals surface area contributed by atoms with Gasteiger partial charge in [0.2, 0.25) is 0 Å². The number of hydrogen-bond donors (Lipinski definition) is 0. The zero-order chi connectivity index (χ0) is 15.5. The van der Waals surface area contributed by atoms with Crippen LogP contribution in [0.1, 0.15) is 31.2 Å². The Morgan fingerprint density at radius 3 is 2.32 bits per heavy atom. The molecule has 4 nitrogen and oxygen atoms in total. The quantitative estimate of drug-likeness (QED) is 0.860. The van der Waals surface area contributed by atoms with E-state index in [0.29, 0.717) is 0 Å². The second kappa shape index (κ2) is 6.42. The van der Waals surface area contributed by atoms with Crippen molar-refractivity contribution in [2.45, 2.75) is 32.6 Å². The molecule has 0 bridgehead atoms. The third-order valence-electron chi connectivity index (χ3n) is 4.43. The lowest BCUT2D eigenvalue weighted by molar-refractivity contribution is 0.397. The van der Waals surface area contributed by atoms with Crippen molar-refractivity contribution in [3.8, 4) is 11.5 Å². The van der Waals surface area contributed by atoms with Crippen LogP contribution in [0.4, 0.5) is 5.82 Å². The number of rotatable bonds is 3. The van der Waals surface area contributed by atoms with E-state index < -0.39 is 0 Å². The molecule has 0 aliphatic carbocycles. The fourth-order valence-corrected chi connectivity index (χ4v) is 3.15. The lowest BCUT2D eigenvalue weighted by Crippen LogP contribution is -2.25. The van der Waals surface area contributed by atoms with Crippen LogP contribution in [0.5, 0.6) is 11.5 Å². The molecule has 3 rings (SSSR count). The largest absolute Gasteiger partial charge is 0.497 e. The molecule has 0 atom stereocenters. The first-order valence-electron chi connectivity index (χ1n) is 8.01. The van der Waals surface area contributed by atoms with E-state index in [1.165, 1.54) is 31.2 Å². The van der Waals surface area contributed by atoms with Crippen LogP contribution in [0, 0.1) is 6.92 Å². The van der Waals surface area contributed by atoms with Crippen molar-refractivity contribution < 1.29 is 9.47 Å². The molecule has 1 saturated heterocycles. The molecule has 0 N–H and O–H groups in total. The van der Waals surface area contributed by atoms with Crippen molar-refractivity contribution in [2.24, 2.45) is 0 Å². The maximum absolute atomic E-state index is 5.53. The van der Waals surface area contributed by atoms with E-state index in [9.17, 15) is 0 Å². The molecule has 2 heterocycles. The van der Waals surface area contributed by atoms with E-state index in [2.05, 4.69) is 17.9 Å². The van der Waals surface area contributed by atoms with E-state index in [1.807, 2.05) is 12.1 Å². The van der Waals surface area contributed by atoms with Gasteiger partial charge >= 0.3 is 0 Å². The molecule has 22 heavy (non-hydrogen) atoms. The normalized spacial score (nSPS) is 15.7. The maximum Gasteiger partial charge on any atom is 0.148 e. The van der Waals surface area contributed by atoms with Crippen molar-refractivity contribution >= 4 is 16.7 Å². The molecule has 1 aliphatic heterocycles. The van der Waals surface area contributed by atoms with Crippen LogP contribution in [0.25, 0.3) is 10.9 Å². The first-order chi connectivity index (χ1) is 10.7. The smallest absolute Gasteiger partial charge is 0.148 e. The maximum atomic E-state index is 5.53. The molecular weight excluding hydrogens is 276 g/mol. The van der Waals surface area contributed by atoms with E-state index in [0.717, 1.165) is 41.3 Å². The average molecular weight is 300 g/mol. The zero-order valence-corrected chi connectivity index (χ0v) is 13.7. The highest BCUT2D eigenvalue weighted by atomic mass is 16.5. The second-order valence-electron chi connectivity index (χ2n) is 5.92. The number of aromatic nitrogens is 1. The Morgan fingerprint density at radius 2 is 1.68 bits per heavy atom. The van der Waals surface area contributed by atoms with Gasteiger partial charge in [0.25, 0.3) is 0 Å². The monoisotopic (exact) mass is 300 g/mol. The van der Waals surface area contributed by atoms with Crippen LogP contribution < -0.4 is 14.4 Å². The second-order valence-corrected chi connectivity index (χ2v) is 5.92. The molecule has 0 saturated carbocycles. The third-order valence-corrected chi connectivity index (χ3v) is 4.43. The van der Waals surface area contributed by atoms with E-state index in [-0.39, 0.29) is 0 Å². The molecule has 1 aromatic carbocycles. The van der Waals surface area contributed by atoms with Crippen LogP contribution in [0.3, 0.4) is 0 Å². The molecule has 1 aromatic heterocycles. The lowest BCUT2D eigenvalue weighted by atomic mass is 10.1. The summed E-state index contributed by atoms with van der Waals surface area (Å²) in [5.41, 5.74) is 2.13. The number of aryl methyl sites for hydroxylation is 1. The van der Waals surface area contributed by atoms with Crippen molar-refractivity contribution in [3.05, 3.63) is 23.8 Å². The molecule has 0 amide bonds. The summed E-state index contributed by atoms with van der Waals surface area (Å²) < 4.78 is 10.9. The van der Waals surface area contributed by atoms with E-state index in [1.54, 1.807) is 14.2 Å². The van der Waals surface area contributed by atoms with Gasteiger partial charge in [0.1, 0.15) is 22.8 Å². The topological polar surface area (TPSA) is 34.6 Å². The fourth-order valence-electron chi connectivity index (χ4n) is 3.15. The van der Waals surface area contributed by atoms with Crippen molar-refractivity contribution in [2.75, 3.05) is 32.2 Å². The number of fused-ring (bicyclic) bond motifs is 1. The van der Waals surface area contributed by atoms with E-state index in [4.69, 9.17) is 14.5 Å². The first kappa shape index (κ1) is 14.9. The van der Waals surface area contributed by atoms with Gasteiger partial charge in [-0.2, -0.15) is 0 Å². The molecular formula is C18H24N2O2. The van der Waals surface area contributed by atoms with Gasteiger partial charge in [0.05, 0.1) is 14.2 Å². The summed E-state index contributed by atoms with van der Waals surface area (Å²) in [6.45, 7) is 4.32. The number of anilines is 1. The number of methoxy groups -OCH3 is 2. The summed E-state index contributed by atoms with van der Waals surface area (Å²) in [7, 11) is 3.36. The van der Waals surface area contributed by atoms with Crippen LogP contribution in [-0.2, 0) is 0 Å². The number of benzene rings is 1. The van der Waals surface area contributed by atoms with Gasteiger partial charge in [0.15, 0.2) is 0 Å². The minimum Gasteiger partial charge on any atom is -0.497 e. The Hall–Kier alpha value is -1.97. The van der Waals surface area contributed by atoms with Crippen LogP contribution in [0.2, 0.25) is 0 Å². The molecule has 1 aliphatic rings. The van der Waals surface area contributed by atoms with Gasteiger partial charge in [-0.15, -0.1) is 0 Å². The Bertz CT molecular complexity index is 662. The highest BCUT2D eigenvalue weighted by Crippen LogP contribution is 2.34. The van der Waals surface area contributed by atoms with Crippen LogP contribution >= 0.6 is 0 Å². The Labute approximate surface area is 132 Å². The van der Waals surface area contributed by atoms with Gasteiger partial charge in [-0.05, 0) is 37.5 Å². The summed E-state index contributed by atoms with van der Waals surface area (Å²) >= 11 is 0. The SMILES string of the molecule is COc1cc(OC)c2nc(N3CCCCCC3)cc(C)c2c1. The lowest BCUT2D eigenvalue weighted by Gasteiger charge is -2.23. The fraction of sp³-hybridized carbons (Fsp3) is 0.500. The van der Waals surface area contributed by atoms with Gasteiger partial charge in [-0.3, -0.25) is 0 Å². The van der Waals surface area contributed by atoms with Crippen molar-refractivity contribution in [1.29, 1.82) is 0 Å². The summed E-state index contributed by atoms with van der Waals surface area (Å²) in [5.74, 6) is 2.64. The number of nitrogens with zero attached hydrogens (tertiary/aromatic N) is 2. The van der Waals surface area contributed by atoms with Crippen LogP contribution in [0.15, 0.2) is 18.2 Å². The third kappa shape index (κ3) is 2.82. The standard InChI is InChI=1S/C18H24N2O2/c1-13-10-17(20-8-6-4-5-7-9-20)19-18-15(13)11-14(21-2)12-16(18)22-3/h10-12H,4-9H2,1-3H3. The number of hydrogen-bond acceptors (Lipinski definition) is 4. The van der Waals surface area contributed by atoms with Gasteiger partial charge in [-0.25, -0.2) is 4.98 Å². The van der Waals surface area contributed by atoms with Crippen molar-refractivity contribution in [3.63, 3.8) is 0 Å². The Kier molecular flexibility index (Phi) is 4.36. The van der Waals surface area contributed by atoms with Gasteiger partial charge in [-0.1, -0.05) is 12.8 Å². The Morgan fingerprint density at radius 1 is 0.955 bits per heavy atom. The van der Waals surface area contributed by atoms with Crippen molar-refractivity contribution in [1.82, 2.24) is 4.98 Å². The summed E-state index contributed by atoms with van der Waals surface area (Å²) in [6, 6.07) is 6.12. The Balaban J connectivity index is 2.10. The molecule has 0 spiro atoms. The first-order valence-corrected chi connectivity index (χ1v) is 8.01. The minimum atomic E-state index is 0.772. The van der Waals surface area contributed by atoms with Crippen LogP contribution in [-0.4, -0.2) is 32.3 Å². The van der Waals surface area contributed by atoms with Gasteiger partial charge < -0.3 is 14.4 Å². The summed E-state index contributed by atoms with van der Waals surface area (Å²) in [5, 5.41) is 1.09. The predicted octanol–water partition coefficient (Wildman–Crippen LogP) is 3.94. The minimum absolute atomic E-state index is 0.772. The van der Waals surface area contributed by atoms with E-state index >= 15 is 0 Å². The summed E-state index contributed by atoms with van der Waals surface area (Å²) in [6.07, 6.45) is 5.14. The summed E-state index contributed by atoms with van der Waals surface area (Å²) in [4.78, 5) is 7.30. The average Bonchev–Trinajstić information content (AvgIpc) is 2.83.